The van der Waals surface area contributed by atoms with Crippen molar-refractivity contribution in [2.24, 2.45) is 0 Å². The molecule has 0 saturated carbocycles. The Morgan fingerprint density at radius 1 is 1.11 bits per heavy atom. The molecule has 3 rings (SSSR count). The Balaban J connectivity index is 2.57. The fourth-order valence-corrected chi connectivity index (χ4v) is 2.56. The molecule has 0 unspecified atom stereocenters. The maximum atomic E-state index is 4.11. The van der Waals surface area contributed by atoms with Crippen molar-refractivity contribution in [1.82, 2.24) is 0 Å². The lowest BCUT2D eigenvalue weighted by Crippen LogP contribution is -2.29. The molecule has 1 aliphatic rings. The van der Waals surface area contributed by atoms with Gasteiger partial charge in [-0.25, -0.2) is 0 Å². The highest BCUT2D eigenvalue weighted by atomic mass is 14.0. The predicted molar refractivity (Wildman–Crippen MR) is 85.3 cm³/mol. The van der Waals surface area contributed by atoms with Gasteiger partial charge in [0.15, 0.2) is 0 Å². The Labute approximate surface area is 112 Å². The first-order chi connectivity index (χ1) is 9.29. The molecule has 0 spiro atoms. The van der Waals surface area contributed by atoms with E-state index in [1.807, 2.05) is 12.2 Å². The Morgan fingerprint density at radius 3 is 2.84 bits per heavy atom. The summed E-state index contributed by atoms with van der Waals surface area (Å²) in [4.78, 5) is 0. The van der Waals surface area contributed by atoms with Crippen LogP contribution in [0.1, 0.15) is 6.42 Å². The molecule has 0 nitrogen and oxygen atoms in total. The van der Waals surface area contributed by atoms with Crippen LogP contribution in [0.25, 0.3) is 35.6 Å². The SMILES string of the molecule is C=C/C=c1\c(=C)ccc2cc3c(cc12)=CC=CCC=3. The summed E-state index contributed by atoms with van der Waals surface area (Å²) < 4.78 is 0. The second-order valence-electron chi connectivity index (χ2n) is 4.78. The highest BCUT2D eigenvalue weighted by Gasteiger charge is 1.98. The minimum absolute atomic E-state index is 0.994. The summed E-state index contributed by atoms with van der Waals surface area (Å²) in [6.07, 6.45) is 13.6. The number of benzene rings is 2. The third kappa shape index (κ3) is 2.06. The van der Waals surface area contributed by atoms with Gasteiger partial charge in [0, 0.05) is 0 Å². The fourth-order valence-electron chi connectivity index (χ4n) is 2.56. The van der Waals surface area contributed by atoms with E-state index in [4.69, 9.17) is 0 Å². The maximum absolute atomic E-state index is 4.11. The van der Waals surface area contributed by atoms with Gasteiger partial charge >= 0.3 is 0 Å². The van der Waals surface area contributed by atoms with Crippen molar-refractivity contribution in [3.63, 3.8) is 0 Å². The van der Waals surface area contributed by atoms with E-state index in [0.29, 0.717) is 0 Å². The molecule has 0 atom stereocenters. The van der Waals surface area contributed by atoms with Crippen LogP contribution >= 0.6 is 0 Å². The summed E-state index contributed by atoms with van der Waals surface area (Å²) in [6.45, 7) is 7.91. The molecule has 2 aromatic rings. The zero-order chi connectivity index (χ0) is 13.2. The van der Waals surface area contributed by atoms with E-state index in [2.05, 4.69) is 61.7 Å². The molecule has 1 aliphatic carbocycles. The molecule has 0 aliphatic heterocycles. The van der Waals surface area contributed by atoms with Crippen LogP contribution in [-0.2, 0) is 0 Å². The molecule has 92 valence electrons. The Kier molecular flexibility index (Phi) is 2.92. The van der Waals surface area contributed by atoms with Crippen molar-refractivity contribution in [3.05, 3.63) is 69.9 Å². The fraction of sp³-hybridized carbons (Fsp3) is 0.0526. The summed E-state index contributed by atoms with van der Waals surface area (Å²) >= 11 is 0. The standard InChI is InChI=1S/C19H16/c1-3-7-18-14(2)10-11-17-12-15-8-5-4-6-9-16(15)13-19(17)18/h3-4,6-13H,1-2,5H2/b18-7+. The maximum Gasteiger partial charge on any atom is -0.00992 e. The molecule has 0 bridgehead atoms. The van der Waals surface area contributed by atoms with Gasteiger partial charge in [0.05, 0.1) is 0 Å². The molecule has 0 heterocycles. The summed E-state index contributed by atoms with van der Waals surface area (Å²) in [6, 6.07) is 8.72. The van der Waals surface area contributed by atoms with Crippen LogP contribution in [0.4, 0.5) is 0 Å². The third-order valence-corrected chi connectivity index (χ3v) is 3.53. The molecule has 0 radical (unpaired) electrons. The Morgan fingerprint density at radius 2 is 2.00 bits per heavy atom. The molecule has 2 aromatic carbocycles. The first-order valence-electron chi connectivity index (χ1n) is 6.51. The average molecular weight is 244 g/mol. The van der Waals surface area contributed by atoms with Crippen LogP contribution in [-0.4, -0.2) is 0 Å². The molecule has 0 heteroatoms. The van der Waals surface area contributed by atoms with E-state index >= 15 is 0 Å². The average Bonchev–Trinajstić information content (AvgIpc) is 2.65. The first-order valence-corrected chi connectivity index (χ1v) is 6.51. The van der Waals surface area contributed by atoms with Gasteiger partial charge in [0.2, 0.25) is 0 Å². The second kappa shape index (κ2) is 4.74. The summed E-state index contributed by atoms with van der Waals surface area (Å²) in [7, 11) is 0. The summed E-state index contributed by atoms with van der Waals surface area (Å²) in [5.41, 5.74) is 0. The van der Waals surface area contributed by atoms with E-state index in [9.17, 15) is 0 Å². The van der Waals surface area contributed by atoms with E-state index < -0.39 is 0 Å². The molecule has 0 fully saturated rings. The number of allylic oxidation sites excluding steroid dienone is 3. The Bertz CT molecular complexity index is 909. The van der Waals surface area contributed by atoms with Gasteiger partial charge in [-0.05, 0) is 50.2 Å². The first kappa shape index (κ1) is 11.7. The Hall–Kier alpha value is -2.34. The van der Waals surface area contributed by atoms with E-state index in [1.165, 1.54) is 21.2 Å². The number of hydrogen-bond acceptors (Lipinski definition) is 0. The van der Waals surface area contributed by atoms with Crippen LogP contribution in [0.5, 0.6) is 0 Å². The molecule has 0 aromatic heterocycles. The van der Waals surface area contributed by atoms with Crippen molar-refractivity contribution in [2.45, 2.75) is 6.42 Å². The van der Waals surface area contributed by atoms with E-state index in [0.717, 1.165) is 16.9 Å². The monoisotopic (exact) mass is 244 g/mol. The van der Waals surface area contributed by atoms with E-state index in [-0.39, 0.29) is 0 Å². The topological polar surface area (TPSA) is 0 Å². The quantitative estimate of drug-likeness (QED) is 0.717. The van der Waals surface area contributed by atoms with Crippen molar-refractivity contribution < 1.29 is 0 Å². The van der Waals surface area contributed by atoms with Crippen LogP contribution in [0, 0.1) is 0 Å². The number of fused-ring (bicyclic) bond motifs is 2. The van der Waals surface area contributed by atoms with Crippen LogP contribution in [0.2, 0.25) is 0 Å². The molecule has 0 N–H and O–H groups in total. The van der Waals surface area contributed by atoms with Crippen LogP contribution < -0.4 is 20.9 Å². The smallest absolute Gasteiger partial charge is 0.00992 e. The normalized spacial score (nSPS) is 14.4. The molecular weight excluding hydrogens is 228 g/mol. The van der Waals surface area contributed by atoms with Crippen molar-refractivity contribution in [2.75, 3.05) is 0 Å². The second-order valence-corrected chi connectivity index (χ2v) is 4.78. The lowest BCUT2D eigenvalue weighted by molar-refractivity contribution is 1.46. The minimum Gasteiger partial charge on any atom is -0.0990 e. The third-order valence-electron chi connectivity index (χ3n) is 3.53. The van der Waals surface area contributed by atoms with Gasteiger partial charge in [-0.3, -0.25) is 0 Å². The van der Waals surface area contributed by atoms with Crippen LogP contribution in [0.15, 0.2) is 49.1 Å². The lowest BCUT2D eigenvalue weighted by atomic mass is 10.0. The van der Waals surface area contributed by atoms with Gasteiger partial charge in [-0.1, -0.05) is 61.7 Å². The molecule has 19 heavy (non-hydrogen) atoms. The van der Waals surface area contributed by atoms with Gasteiger partial charge in [-0.2, -0.15) is 0 Å². The number of hydrogen-bond donors (Lipinski definition) is 0. The van der Waals surface area contributed by atoms with Gasteiger partial charge in [0.25, 0.3) is 0 Å². The lowest BCUT2D eigenvalue weighted by Gasteiger charge is -2.01. The highest BCUT2D eigenvalue weighted by molar-refractivity contribution is 5.84. The zero-order valence-corrected chi connectivity index (χ0v) is 10.9. The number of rotatable bonds is 1. The predicted octanol–water partition coefficient (Wildman–Crippen LogP) is 1.74. The highest BCUT2D eigenvalue weighted by Crippen LogP contribution is 2.03. The minimum atomic E-state index is 0.994. The van der Waals surface area contributed by atoms with Crippen LogP contribution in [0.3, 0.4) is 0 Å². The largest absolute Gasteiger partial charge is 0.0990 e. The molecule has 0 saturated heterocycles. The van der Waals surface area contributed by atoms with Crippen molar-refractivity contribution >= 4 is 35.6 Å². The zero-order valence-electron chi connectivity index (χ0n) is 10.9. The molecule has 0 amide bonds. The van der Waals surface area contributed by atoms with Crippen molar-refractivity contribution in [3.8, 4) is 0 Å². The summed E-state index contributed by atoms with van der Waals surface area (Å²) in [5, 5.41) is 7.28. The van der Waals surface area contributed by atoms with E-state index in [1.54, 1.807) is 0 Å². The summed E-state index contributed by atoms with van der Waals surface area (Å²) in [5.74, 6) is 0. The van der Waals surface area contributed by atoms with Gasteiger partial charge in [0.1, 0.15) is 0 Å². The van der Waals surface area contributed by atoms with Gasteiger partial charge < -0.3 is 0 Å². The van der Waals surface area contributed by atoms with Gasteiger partial charge in [-0.15, -0.1) is 0 Å². The molecular formula is C19H16. The van der Waals surface area contributed by atoms with Crippen molar-refractivity contribution in [1.29, 1.82) is 0 Å².